The Morgan fingerprint density at radius 2 is 2.15 bits per heavy atom. The van der Waals surface area contributed by atoms with Crippen molar-refractivity contribution in [1.29, 1.82) is 0 Å². The fourth-order valence-corrected chi connectivity index (χ4v) is 3.86. The number of benzene rings is 1. The van der Waals surface area contributed by atoms with Crippen LogP contribution in [-0.4, -0.2) is 44.8 Å². The first-order valence-corrected chi connectivity index (χ1v) is 9.24. The first kappa shape index (κ1) is 17.6. The molecule has 7 nitrogen and oxygen atoms in total. The summed E-state index contributed by atoms with van der Waals surface area (Å²) in [5.41, 5.74) is 10.1. The number of hydrogen-bond acceptors (Lipinski definition) is 6. The average Bonchev–Trinajstić information content (AvgIpc) is 3.04. The van der Waals surface area contributed by atoms with Crippen LogP contribution in [0.4, 0.5) is 5.82 Å². The van der Waals surface area contributed by atoms with E-state index in [0.29, 0.717) is 17.5 Å². The molecule has 1 saturated heterocycles. The molecule has 0 aliphatic carbocycles. The lowest BCUT2D eigenvalue weighted by molar-refractivity contribution is 0.198. The molecular formula is C20H25N5O2. The average molecular weight is 367 g/mol. The Labute approximate surface area is 158 Å². The molecule has 1 aliphatic rings. The summed E-state index contributed by atoms with van der Waals surface area (Å²) in [6.45, 7) is 4.74. The van der Waals surface area contributed by atoms with Crippen LogP contribution < -0.4 is 10.5 Å². The number of phenolic OH excluding ortho intramolecular Hbond substituents is 1. The lowest BCUT2D eigenvalue weighted by atomic mass is 9.94. The molecule has 0 saturated carbocycles. The zero-order valence-electron chi connectivity index (χ0n) is 15.7. The maximum atomic E-state index is 9.78. The van der Waals surface area contributed by atoms with Crippen LogP contribution in [0.1, 0.15) is 35.7 Å². The topological polar surface area (TPSA) is 88.9 Å². The van der Waals surface area contributed by atoms with Gasteiger partial charge in [0.2, 0.25) is 0 Å². The van der Waals surface area contributed by atoms with Crippen molar-refractivity contribution in [1.82, 2.24) is 19.5 Å². The summed E-state index contributed by atoms with van der Waals surface area (Å²) in [5.74, 6) is 1.66. The third kappa shape index (κ3) is 3.55. The third-order valence-electron chi connectivity index (χ3n) is 5.17. The van der Waals surface area contributed by atoms with E-state index in [1.54, 1.807) is 17.7 Å². The summed E-state index contributed by atoms with van der Waals surface area (Å²) in [6.07, 6.45) is 2.22. The number of hydrogen-bond donors (Lipinski definition) is 2. The molecule has 1 aliphatic heterocycles. The summed E-state index contributed by atoms with van der Waals surface area (Å²) in [6, 6.07) is 9.45. The lowest BCUT2D eigenvalue weighted by Crippen LogP contribution is -2.34. The highest BCUT2D eigenvalue weighted by Crippen LogP contribution is 2.30. The highest BCUT2D eigenvalue weighted by Gasteiger charge is 2.24. The second-order valence-electron chi connectivity index (χ2n) is 7.24. The maximum absolute atomic E-state index is 9.78. The summed E-state index contributed by atoms with van der Waals surface area (Å²) in [4.78, 5) is 7.22. The van der Waals surface area contributed by atoms with Gasteiger partial charge in [-0.3, -0.25) is 4.90 Å². The van der Waals surface area contributed by atoms with Gasteiger partial charge >= 0.3 is 0 Å². The van der Waals surface area contributed by atoms with Crippen molar-refractivity contribution in [3.05, 3.63) is 47.3 Å². The Balaban J connectivity index is 1.53. The lowest BCUT2D eigenvalue weighted by Gasteiger charge is -2.32. The molecule has 1 atom stereocenters. The highest BCUT2D eigenvalue weighted by molar-refractivity contribution is 5.48. The van der Waals surface area contributed by atoms with Gasteiger partial charge in [0, 0.05) is 31.1 Å². The zero-order valence-corrected chi connectivity index (χ0v) is 15.7. The Bertz CT molecular complexity index is 968. The number of methoxy groups -OCH3 is 1. The molecule has 0 spiro atoms. The summed E-state index contributed by atoms with van der Waals surface area (Å²) < 4.78 is 6.92. The molecule has 3 aromatic rings. The first-order chi connectivity index (χ1) is 13.0. The number of aromatic nitrogens is 3. The minimum absolute atomic E-state index is 0.168. The minimum Gasteiger partial charge on any atom is -0.504 e. The van der Waals surface area contributed by atoms with Crippen LogP contribution in [0.15, 0.2) is 30.3 Å². The van der Waals surface area contributed by atoms with E-state index in [9.17, 15) is 5.11 Å². The van der Waals surface area contributed by atoms with Crippen molar-refractivity contribution in [2.45, 2.75) is 32.2 Å². The Morgan fingerprint density at radius 3 is 2.96 bits per heavy atom. The van der Waals surface area contributed by atoms with Crippen molar-refractivity contribution in [2.24, 2.45) is 0 Å². The van der Waals surface area contributed by atoms with Gasteiger partial charge in [-0.2, -0.15) is 9.61 Å². The number of ether oxygens (including phenoxy) is 1. The van der Waals surface area contributed by atoms with Crippen molar-refractivity contribution in [3.63, 3.8) is 0 Å². The number of nitrogens with two attached hydrogens (primary N) is 1. The largest absolute Gasteiger partial charge is 0.504 e. The molecule has 142 valence electrons. The Hall–Kier alpha value is -2.80. The van der Waals surface area contributed by atoms with Gasteiger partial charge in [0.05, 0.1) is 18.5 Å². The number of piperidine rings is 1. The molecule has 3 heterocycles. The van der Waals surface area contributed by atoms with E-state index in [4.69, 9.17) is 15.5 Å². The van der Waals surface area contributed by atoms with Crippen LogP contribution in [0.3, 0.4) is 0 Å². The van der Waals surface area contributed by atoms with E-state index in [-0.39, 0.29) is 5.75 Å². The maximum Gasteiger partial charge on any atom is 0.160 e. The molecule has 4 rings (SSSR count). The fraction of sp³-hybridized carbons (Fsp3) is 0.400. The summed E-state index contributed by atoms with van der Waals surface area (Å²) in [7, 11) is 1.57. The first-order valence-electron chi connectivity index (χ1n) is 9.24. The number of fused-ring (bicyclic) bond motifs is 1. The molecule has 1 aromatic carbocycles. The standard InChI is InChI=1S/C20H25N5O2/c1-13-8-20-22-16(10-19(21)25(20)23-13)15-4-3-7-24(12-15)11-14-5-6-17(26)18(9-14)27-2/h5-6,8-10,15,26H,3-4,7,11-12,21H2,1-2H3/t15-/m0/s1. The predicted molar refractivity (Wildman–Crippen MR) is 104 cm³/mol. The number of phenols is 1. The van der Waals surface area contributed by atoms with Gasteiger partial charge < -0.3 is 15.6 Å². The van der Waals surface area contributed by atoms with Crippen molar-refractivity contribution >= 4 is 11.5 Å². The van der Waals surface area contributed by atoms with Crippen molar-refractivity contribution in [2.75, 3.05) is 25.9 Å². The van der Waals surface area contributed by atoms with Crippen molar-refractivity contribution < 1.29 is 9.84 Å². The molecule has 0 radical (unpaired) electrons. The van der Waals surface area contributed by atoms with Crippen LogP contribution in [0.5, 0.6) is 11.5 Å². The van der Waals surface area contributed by atoms with Gasteiger partial charge in [0.25, 0.3) is 0 Å². The van der Waals surface area contributed by atoms with Crippen LogP contribution in [0, 0.1) is 6.92 Å². The molecule has 0 amide bonds. The number of aryl methyl sites for hydroxylation is 1. The molecule has 1 fully saturated rings. The summed E-state index contributed by atoms with van der Waals surface area (Å²) >= 11 is 0. The Kier molecular flexibility index (Phi) is 4.61. The summed E-state index contributed by atoms with van der Waals surface area (Å²) in [5, 5.41) is 14.2. The molecular weight excluding hydrogens is 342 g/mol. The molecule has 0 bridgehead atoms. The monoisotopic (exact) mass is 367 g/mol. The van der Waals surface area contributed by atoms with E-state index >= 15 is 0 Å². The smallest absolute Gasteiger partial charge is 0.160 e. The van der Waals surface area contributed by atoms with E-state index in [1.807, 2.05) is 31.2 Å². The minimum atomic E-state index is 0.168. The fourth-order valence-electron chi connectivity index (χ4n) is 3.86. The molecule has 2 aromatic heterocycles. The predicted octanol–water partition coefficient (Wildman–Crippen LogP) is 2.71. The van der Waals surface area contributed by atoms with E-state index in [1.165, 1.54) is 0 Å². The van der Waals surface area contributed by atoms with Crippen molar-refractivity contribution in [3.8, 4) is 11.5 Å². The molecule has 7 heteroatoms. The number of nitrogens with zero attached hydrogens (tertiary/aromatic N) is 4. The van der Waals surface area contributed by atoms with Crippen LogP contribution >= 0.6 is 0 Å². The number of nitrogen functional groups attached to an aromatic ring is 1. The number of anilines is 1. The molecule has 0 unspecified atom stereocenters. The molecule has 27 heavy (non-hydrogen) atoms. The highest BCUT2D eigenvalue weighted by atomic mass is 16.5. The van der Waals surface area contributed by atoms with Gasteiger partial charge in [-0.1, -0.05) is 6.07 Å². The van der Waals surface area contributed by atoms with E-state index in [0.717, 1.165) is 55.1 Å². The quantitative estimate of drug-likeness (QED) is 0.737. The van der Waals surface area contributed by atoms with Gasteiger partial charge in [-0.05, 0) is 44.0 Å². The van der Waals surface area contributed by atoms with Gasteiger partial charge in [0.15, 0.2) is 17.1 Å². The SMILES string of the molecule is COc1cc(CN2CCC[C@H](c3cc(N)n4nc(C)cc4n3)C2)ccc1O. The van der Waals surface area contributed by atoms with E-state index < -0.39 is 0 Å². The zero-order chi connectivity index (χ0) is 19.0. The van der Waals surface area contributed by atoms with Gasteiger partial charge in [0.1, 0.15) is 5.82 Å². The second kappa shape index (κ2) is 7.08. The number of likely N-dealkylation sites (tertiary alicyclic amines) is 1. The van der Waals surface area contributed by atoms with Gasteiger partial charge in [-0.15, -0.1) is 0 Å². The van der Waals surface area contributed by atoms with Gasteiger partial charge in [-0.25, -0.2) is 4.98 Å². The normalized spacial score (nSPS) is 18.1. The number of rotatable bonds is 4. The van der Waals surface area contributed by atoms with Crippen LogP contribution in [0.25, 0.3) is 5.65 Å². The number of aromatic hydroxyl groups is 1. The van der Waals surface area contributed by atoms with Crippen LogP contribution in [-0.2, 0) is 6.54 Å². The second-order valence-corrected chi connectivity index (χ2v) is 7.24. The van der Waals surface area contributed by atoms with E-state index in [2.05, 4.69) is 10.00 Å². The van der Waals surface area contributed by atoms with Crippen LogP contribution in [0.2, 0.25) is 0 Å². The Morgan fingerprint density at radius 1 is 1.30 bits per heavy atom. The third-order valence-corrected chi connectivity index (χ3v) is 5.17. The molecule has 3 N–H and O–H groups in total.